The van der Waals surface area contributed by atoms with Crippen LogP contribution in [0.5, 0.6) is 0 Å². The Morgan fingerprint density at radius 2 is 2.08 bits per heavy atom. The monoisotopic (exact) mass is 366 g/mol. The Kier molecular flexibility index (Phi) is 4.16. The summed E-state index contributed by atoms with van der Waals surface area (Å²) in [5.74, 6) is 0.646. The Morgan fingerprint density at radius 3 is 2.64 bits per heavy atom. The number of aromatic amines is 1. The highest BCUT2D eigenvalue weighted by molar-refractivity contribution is 7.89. The van der Waals surface area contributed by atoms with Crippen molar-refractivity contribution >= 4 is 10.0 Å². The molecule has 3 aromatic heterocycles. The van der Waals surface area contributed by atoms with Crippen LogP contribution in [0.1, 0.15) is 32.7 Å². The summed E-state index contributed by atoms with van der Waals surface area (Å²) in [6.07, 6.45) is 4.14. The summed E-state index contributed by atoms with van der Waals surface area (Å²) in [7, 11) is -2.17. The number of rotatable bonds is 5. The lowest BCUT2D eigenvalue weighted by Gasteiger charge is -2.27. The summed E-state index contributed by atoms with van der Waals surface area (Å²) >= 11 is 0. The van der Waals surface area contributed by atoms with Gasteiger partial charge in [-0.2, -0.15) is 14.8 Å². The fourth-order valence-corrected chi connectivity index (χ4v) is 3.48. The topological polar surface area (TPSA) is 144 Å². The maximum atomic E-state index is 12.6. The molecule has 0 aliphatic carbocycles. The second-order valence-electron chi connectivity index (χ2n) is 6.59. The van der Waals surface area contributed by atoms with E-state index in [0.717, 1.165) is 0 Å². The van der Waals surface area contributed by atoms with Crippen molar-refractivity contribution < 1.29 is 12.9 Å². The zero-order valence-corrected chi connectivity index (χ0v) is 14.9. The molecule has 0 aromatic carbocycles. The molecule has 0 fully saturated rings. The molecular weight excluding hydrogens is 348 g/mol. The summed E-state index contributed by atoms with van der Waals surface area (Å²) in [5.41, 5.74) is -0.535. The van der Waals surface area contributed by atoms with Crippen molar-refractivity contribution in [1.29, 1.82) is 0 Å². The Morgan fingerprint density at radius 1 is 1.32 bits per heavy atom. The average molecular weight is 366 g/mol. The molecule has 3 rings (SSSR count). The molecule has 0 bridgehead atoms. The molecule has 0 saturated carbocycles. The van der Waals surface area contributed by atoms with Gasteiger partial charge in [-0.1, -0.05) is 25.9 Å². The fraction of sp³-hybridized carbons (Fsp3) is 0.462. The van der Waals surface area contributed by atoms with Gasteiger partial charge in [0.05, 0.1) is 6.33 Å². The molecule has 12 heteroatoms. The van der Waals surface area contributed by atoms with Gasteiger partial charge in [0.2, 0.25) is 11.7 Å². The van der Waals surface area contributed by atoms with E-state index in [4.69, 9.17) is 4.52 Å². The van der Waals surface area contributed by atoms with E-state index in [-0.39, 0.29) is 16.7 Å². The second-order valence-corrected chi connectivity index (χ2v) is 8.25. The van der Waals surface area contributed by atoms with Crippen molar-refractivity contribution in [2.75, 3.05) is 0 Å². The van der Waals surface area contributed by atoms with Crippen LogP contribution >= 0.6 is 0 Å². The summed E-state index contributed by atoms with van der Waals surface area (Å²) in [6.45, 7) is 5.57. The first kappa shape index (κ1) is 17.2. The van der Waals surface area contributed by atoms with Crippen LogP contribution in [0.2, 0.25) is 0 Å². The van der Waals surface area contributed by atoms with Gasteiger partial charge in [0.25, 0.3) is 10.0 Å². The lowest BCUT2D eigenvalue weighted by molar-refractivity contribution is 0.236. The van der Waals surface area contributed by atoms with E-state index in [2.05, 4.69) is 35.0 Å². The van der Waals surface area contributed by atoms with E-state index in [1.54, 1.807) is 11.6 Å². The first-order valence-electron chi connectivity index (χ1n) is 7.36. The minimum Gasteiger partial charge on any atom is -0.339 e. The van der Waals surface area contributed by atoms with Gasteiger partial charge in [-0.25, -0.2) is 18.4 Å². The standard InChI is InChI=1S/C13H18N8O3S/c1-13(2,3)9(20-25(22,23)8-5-21(4)7-15-8)12-17-11(19-24-12)10-14-6-16-18-10/h5-7,9,20H,1-4H3,(H,14,16,18)/t9-/m0/s1. The van der Waals surface area contributed by atoms with Crippen LogP contribution in [0.25, 0.3) is 11.6 Å². The van der Waals surface area contributed by atoms with E-state index in [1.807, 2.05) is 20.8 Å². The highest BCUT2D eigenvalue weighted by Gasteiger charge is 2.36. The minimum absolute atomic E-state index is 0.0841. The number of sulfonamides is 1. The van der Waals surface area contributed by atoms with Crippen LogP contribution in [0.4, 0.5) is 0 Å². The molecule has 134 valence electrons. The van der Waals surface area contributed by atoms with Gasteiger partial charge in [-0.3, -0.25) is 5.10 Å². The molecule has 11 nitrogen and oxygen atoms in total. The van der Waals surface area contributed by atoms with Gasteiger partial charge in [0.1, 0.15) is 12.4 Å². The van der Waals surface area contributed by atoms with Crippen LogP contribution in [0.3, 0.4) is 0 Å². The van der Waals surface area contributed by atoms with Gasteiger partial charge < -0.3 is 9.09 Å². The number of aromatic nitrogens is 7. The fourth-order valence-electron chi connectivity index (χ4n) is 2.10. The van der Waals surface area contributed by atoms with E-state index >= 15 is 0 Å². The molecule has 0 aliphatic rings. The Bertz CT molecular complexity index is 952. The Balaban J connectivity index is 1.94. The molecule has 3 aromatic rings. The van der Waals surface area contributed by atoms with Gasteiger partial charge in [0, 0.05) is 13.2 Å². The highest BCUT2D eigenvalue weighted by Crippen LogP contribution is 2.33. The predicted molar refractivity (Wildman–Crippen MR) is 85.4 cm³/mol. The summed E-state index contributed by atoms with van der Waals surface area (Å²) < 4.78 is 34.6. The van der Waals surface area contributed by atoms with Gasteiger partial charge in [-0.05, 0) is 5.41 Å². The number of aryl methyl sites for hydroxylation is 1. The van der Waals surface area contributed by atoms with Crippen molar-refractivity contribution in [3.05, 3.63) is 24.7 Å². The Hall–Kier alpha value is -2.60. The van der Waals surface area contributed by atoms with Crippen LogP contribution in [0.15, 0.2) is 28.4 Å². The summed E-state index contributed by atoms with van der Waals surface area (Å²) in [4.78, 5) is 12.1. The molecule has 0 unspecified atom stereocenters. The van der Waals surface area contributed by atoms with Crippen LogP contribution in [0, 0.1) is 5.41 Å². The number of nitrogens with zero attached hydrogens (tertiary/aromatic N) is 6. The first-order valence-corrected chi connectivity index (χ1v) is 8.85. The molecule has 3 heterocycles. The lowest BCUT2D eigenvalue weighted by Crippen LogP contribution is -2.37. The zero-order chi connectivity index (χ0) is 18.2. The number of hydrogen-bond acceptors (Lipinski definition) is 8. The number of imidazole rings is 1. The normalized spacial score (nSPS) is 13.9. The van der Waals surface area contributed by atoms with E-state index in [0.29, 0.717) is 5.82 Å². The SMILES string of the molecule is Cn1cnc(S(=O)(=O)N[C@@H](c2nc(-c3ncn[nH]3)no2)C(C)(C)C)c1. The van der Waals surface area contributed by atoms with Crippen molar-refractivity contribution in [2.45, 2.75) is 31.8 Å². The van der Waals surface area contributed by atoms with Crippen molar-refractivity contribution in [3.63, 3.8) is 0 Å². The van der Waals surface area contributed by atoms with Gasteiger partial charge in [0.15, 0.2) is 10.9 Å². The minimum atomic E-state index is -3.86. The molecule has 0 amide bonds. The Labute approximate surface area is 143 Å². The summed E-state index contributed by atoms with van der Waals surface area (Å²) in [6, 6.07) is -0.760. The van der Waals surface area contributed by atoms with Crippen LogP contribution in [-0.4, -0.2) is 43.3 Å². The predicted octanol–water partition coefficient (Wildman–Crippen LogP) is 0.654. The number of hydrogen-bond donors (Lipinski definition) is 2. The van der Waals surface area contributed by atoms with E-state index in [1.165, 1.54) is 18.9 Å². The molecule has 25 heavy (non-hydrogen) atoms. The molecule has 1 atom stereocenters. The average Bonchev–Trinajstić information content (AvgIpc) is 3.24. The zero-order valence-electron chi connectivity index (χ0n) is 14.1. The second kappa shape index (κ2) is 6.04. The van der Waals surface area contributed by atoms with E-state index in [9.17, 15) is 8.42 Å². The van der Waals surface area contributed by atoms with Crippen LogP contribution < -0.4 is 4.72 Å². The quantitative estimate of drug-likeness (QED) is 0.669. The van der Waals surface area contributed by atoms with Crippen molar-refractivity contribution in [2.24, 2.45) is 12.5 Å². The maximum absolute atomic E-state index is 12.6. The maximum Gasteiger partial charge on any atom is 0.260 e. The molecule has 0 radical (unpaired) electrons. The smallest absolute Gasteiger partial charge is 0.260 e. The summed E-state index contributed by atoms with van der Waals surface area (Å²) in [5, 5.41) is 10.1. The first-order chi connectivity index (χ1) is 11.7. The third-order valence-corrected chi connectivity index (χ3v) is 4.72. The van der Waals surface area contributed by atoms with E-state index < -0.39 is 21.5 Å². The lowest BCUT2D eigenvalue weighted by atomic mass is 9.87. The van der Waals surface area contributed by atoms with Crippen molar-refractivity contribution in [3.8, 4) is 11.6 Å². The molecule has 2 N–H and O–H groups in total. The molecule has 0 aliphatic heterocycles. The number of H-pyrrole nitrogens is 1. The molecular formula is C13H18N8O3S. The third-order valence-electron chi connectivity index (χ3n) is 3.41. The highest BCUT2D eigenvalue weighted by atomic mass is 32.2. The largest absolute Gasteiger partial charge is 0.339 e. The molecule has 0 spiro atoms. The van der Waals surface area contributed by atoms with Crippen LogP contribution in [-0.2, 0) is 17.1 Å². The third kappa shape index (κ3) is 3.58. The van der Waals surface area contributed by atoms with Gasteiger partial charge >= 0.3 is 0 Å². The number of nitrogens with one attached hydrogen (secondary N) is 2. The van der Waals surface area contributed by atoms with Gasteiger partial charge in [-0.15, -0.1) is 0 Å². The van der Waals surface area contributed by atoms with Crippen molar-refractivity contribution in [1.82, 2.24) is 39.6 Å². The molecule has 0 saturated heterocycles.